The molecule has 0 aliphatic carbocycles. The van der Waals surface area contributed by atoms with Crippen LogP contribution in [0.5, 0.6) is 0 Å². The second-order valence-corrected chi connectivity index (χ2v) is 2.79. The van der Waals surface area contributed by atoms with E-state index >= 15 is 0 Å². The Morgan fingerprint density at radius 3 is 1.00 bits per heavy atom. The number of hydrogen-bond donors (Lipinski definition) is 2. The van der Waals surface area contributed by atoms with E-state index in [1.807, 2.05) is 0 Å². The zero-order chi connectivity index (χ0) is 11.7. The first-order chi connectivity index (χ1) is 6.25. The first-order valence-electron chi connectivity index (χ1n) is 4.01. The third kappa shape index (κ3) is 32.2. The van der Waals surface area contributed by atoms with Gasteiger partial charge in [-0.05, 0) is 27.7 Å². The minimum absolute atomic E-state index is 0. The van der Waals surface area contributed by atoms with Crippen LogP contribution >= 0.6 is 0 Å². The maximum Gasteiger partial charge on any atom is 0.155 e. The summed E-state index contributed by atoms with van der Waals surface area (Å²) in [6.07, 6.45) is 2.33. The molecule has 0 aromatic rings. The van der Waals surface area contributed by atoms with Gasteiger partial charge in [-0.15, -0.1) is 0 Å². The van der Waals surface area contributed by atoms with Crippen LogP contribution < -0.4 is 0 Å². The van der Waals surface area contributed by atoms with E-state index in [1.165, 1.54) is 39.8 Å². The van der Waals surface area contributed by atoms with Gasteiger partial charge in [0.1, 0.15) is 0 Å². The number of aliphatic hydroxyl groups excluding tert-OH is 2. The molecule has 0 aliphatic heterocycles. The van der Waals surface area contributed by atoms with Gasteiger partial charge in [-0.1, -0.05) is 0 Å². The van der Waals surface area contributed by atoms with Gasteiger partial charge in [0.2, 0.25) is 0 Å². The van der Waals surface area contributed by atoms with Crippen LogP contribution in [-0.4, -0.2) is 21.8 Å². The Morgan fingerprint density at radius 2 is 1.00 bits per heavy atom. The molecule has 5 heteroatoms. The molecule has 15 heavy (non-hydrogen) atoms. The molecule has 0 aliphatic rings. The minimum atomic E-state index is -0.125. The Labute approximate surface area is 100 Å². The molecular weight excluding hydrogens is 240 g/mol. The van der Waals surface area contributed by atoms with Crippen molar-refractivity contribution in [3.05, 3.63) is 23.7 Å². The first-order valence-corrected chi connectivity index (χ1v) is 4.01. The molecule has 0 aromatic carbocycles. The Balaban J connectivity index is -0.000000180. The number of hydrogen-bond acceptors (Lipinski definition) is 4. The topological polar surface area (TPSA) is 74.6 Å². The van der Waals surface area contributed by atoms with E-state index in [1.54, 1.807) is 0 Å². The van der Waals surface area contributed by atoms with Gasteiger partial charge >= 0.3 is 0 Å². The summed E-state index contributed by atoms with van der Waals surface area (Å²) in [4.78, 5) is 20.0. The van der Waals surface area contributed by atoms with Crippen molar-refractivity contribution in [3.8, 4) is 0 Å². The molecule has 88 valence electrons. The second-order valence-electron chi connectivity index (χ2n) is 2.79. The van der Waals surface area contributed by atoms with Gasteiger partial charge in [-0.3, -0.25) is 9.59 Å². The Kier molecular flexibility index (Phi) is 14.3. The van der Waals surface area contributed by atoms with Crippen molar-refractivity contribution in [3.63, 3.8) is 0 Å². The molecule has 0 fully saturated rings. The summed E-state index contributed by atoms with van der Waals surface area (Å²) in [6, 6.07) is 0. The van der Waals surface area contributed by atoms with Crippen molar-refractivity contribution in [1.29, 1.82) is 0 Å². The van der Waals surface area contributed by atoms with Crippen molar-refractivity contribution >= 4 is 11.6 Å². The predicted octanol–water partition coefficient (Wildman–Crippen LogP) is 2.07. The Hall–Kier alpha value is -1.06. The van der Waals surface area contributed by atoms with E-state index in [9.17, 15) is 9.59 Å². The quantitative estimate of drug-likeness (QED) is 0.450. The van der Waals surface area contributed by atoms with Crippen LogP contribution in [0.2, 0.25) is 0 Å². The maximum absolute atomic E-state index is 10.0. The van der Waals surface area contributed by atoms with E-state index in [-0.39, 0.29) is 40.2 Å². The smallest absolute Gasteiger partial charge is 0.155 e. The number of ketones is 2. The largest absolute Gasteiger partial charge is 0.512 e. The van der Waals surface area contributed by atoms with Gasteiger partial charge in [-0.25, -0.2) is 0 Å². The van der Waals surface area contributed by atoms with E-state index < -0.39 is 0 Å². The molecule has 0 aromatic heterocycles. The summed E-state index contributed by atoms with van der Waals surface area (Å²) in [5, 5.41) is 16.7. The number of aliphatic hydroxyl groups is 2. The Morgan fingerprint density at radius 1 is 0.800 bits per heavy atom. The molecule has 0 unspecified atom stereocenters. The van der Waals surface area contributed by atoms with Crippen LogP contribution in [0.1, 0.15) is 27.7 Å². The molecule has 0 bridgehead atoms. The average Bonchev–Trinajstić information content (AvgIpc) is 1.79. The number of allylic oxidation sites excluding steroid dienone is 4. The molecule has 0 saturated heterocycles. The van der Waals surface area contributed by atoms with E-state index in [2.05, 4.69) is 0 Å². The summed E-state index contributed by atoms with van der Waals surface area (Å²) < 4.78 is 0. The fourth-order valence-corrected chi connectivity index (χ4v) is 0.588. The second kappa shape index (κ2) is 11.0. The third-order valence-corrected chi connectivity index (χ3v) is 0.824. The summed E-state index contributed by atoms with van der Waals surface area (Å²) >= 11 is 0. The van der Waals surface area contributed by atoms with Gasteiger partial charge in [0.25, 0.3) is 0 Å². The zero-order valence-electron chi connectivity index (χ0n) is 9.22. The molecule has 2 N–H and O–H groups in total. The molecule has 0 saturated carbocycles. The van der Waals surface area contributed by atoms with Crippen molar-refractivity contribution in [1.82, 2.24) is 0 Å². The van der Waals surface area contributed by atoms with Gasteiger partial charge in [-0.2, -0.15) is 0 Å². The SMILES string of the molecule is CC(=O)/C=C(/C)O.CC(=O)/C=C(\C)O.[Fe]. The molecule has 0 spiro atoms. The monoisotopic (exact) mass is 256 g/mol. The van der Waals surface area contributed by atoms with Crippen molar-refractivity contribution in [2.45, 2.75) is 27.7 Å². The predicted molar refractivity (Wildman–Crippen MR) is 54.1 cm³/mol. The normalized spacial score (nSPS) is 10.7. The summed E-state index contributed by atoms with van der Waals surface area (Å²) in [6.45, 7) is 5.70. The van der Waals surface area contributed by atoms with E-state index in [0.717, 1.165) is 0 Å². The standard InChI is InChI=1S/2C5H8O2.Fe/c2*1-4(6)3-5(2)7;/h2*3,6H,1-2H3;/b4-3+;4-3-;. The van der Waals surface area contributed by atoms with Crippen LogP contribution in [0.3, 0.4) is 0 Å². The van der Waals surface area contributed by atoms with Gasteiger partial charge in [0.05, 0.1) is 11.5 Å². The van der Waals surface area contributed by atoms with Gasteiger partial charge in [0.15, 0.2) is 11.6 Å². The summed E-state index contributed by atoms with van der Waals surface area (Å²) in [5.74, 6) is -0.125. The van der Waals surface area contributed by atoms with E-state index in [4.69, 9.17) is 10.2 Å². The van der Waals surface area contributed by atoms with Crippen molar-refractivity contribution in [2.24, 2.45) is 0 Å². The Bertz CT molecular complexity index is 231. The van der Waals surface area contributed by atoms with E-state index in [0.29, 0.717) is 0 Å². The number of rotatable bonds is 2. The number of carbonyl (C=O) groups is 2. The summed E-state index contributed by atoms with van der Waals surface area (Å²) in [7, 11) is 0. The van der Waals surface area contributed by atoms with Crippen LogP contribution in [0, 0.1) is 0 Å². The summed E-state index contributed by atoms with van der Waals surface area (Å²) in [5.41, 5.74) is 0. The first kappa shape index (κ1) is 19.5. The molecule has 0 atom stereocenters. The average molecular weight is 256 g/mol. The van der Waals surface area contributed by atoms with Crippen LogP contribution in [0.15, 0.2) is 23.7 Å². The fourth-order valence-electron chi connectivity index (χ4n) is 0.588. The maximum atomic E-state index is 10.0. The fraction of sp³-hybridized carbons (Fsp3) is 0.400. The van der Waals surface area contributed by atoms with Gasteiger partial charge in [0, 0.05) is 29.2 Å². The molecule has 0 heterocycles. The number of carbonyl (C=O) groups excluding carboxylic acids is 2. The molecule has 0 radical (unpaired) electrons. The minimum Gasteiger partial charge on any atom is -0.512 e. The van der Waals surface area contributed by atoms with Gasteiger partial charge < -0.3 is 10.2 Å². The van der Waals surface area contributed by atoms with Crippen molar-refractivity contribution in [2.75, 3.05) is 0 Å². The van der Waals surface area contributed by atoms with Crippen LogP contribution in [0.4, 0.5) is 0 Å². The third-order valence-electron chi connectivity index (χ3n) is 0.824. The molecule has 0 amide bonds. The van der Waals surface area contributed by atoms with Crippen LogP contribution in [-0.2, 0) is 26.7 Å². The zero-order valence-corrected chi connectivity index (χ0v) is 10.3. The molecule has 4 nitrogen and oxygen atoms in total. The van der Waals surface area contributed by atoms with Crippen molar-refractivity contribution < 1.29 is 36.9 Å². The van der Waals surface area contributed by atoms with Crippen LogP contribution in [0.25, 0.3) is 0 Å². The molecule has 0 rings (SSSR count). The molecular formula is C10H16FeO4.